The van der Waals surface area contributed by atoms with Crippen molar-refractivity contribution < 1.29 is 9.59 Å². The molecule has 2 fully saturated rings. The van der Waals surface area contributed by atoms with Gasteiger partial charge < -0.3 is 5.32 Å². The average Bonchev–Trinajstić information content (AvgIpc) is 3.25. The molecule has 1 aromatic carbocycles. The van der Waals surface area contributed by atoms with Crippen LogP contribution >= 0.6 is 27.5 Å². The van der Waals surface area contributed by atoms with Crippen molar-refractivity contribution in [2.45, 2.75) is 38.3 Å². The highest BCUT2D eigenvalue weighted by Crippen LogP contribution is 2.44. The minimum absolute atomic E-state index is 0.0860. The van der Waals surface area contributed by atoms with Gasteiger partial charge in [0.2, 0.25) is 5.91 Å². The zero-order chi connectivity index (χ0) is 15.4. The summed E-state index contributed by atoms with van der Waals surface area (Å²) in [6.07, 6.45) is 1.94. The van der Waals surface area contributed by atoms with E-state index in [2.05, 4.69) is 21.2 Å². The normalized spacial score (nSPS) is 29.5. The van der Waals surface area contributed by atoms with Crippen molar-refractivity contribution in [1.29, 1.82) is 0 Å². The van der Waals surface area contributed by atoms with Crippen LogP contribution in [-0.2, 0) is 9.59 Å². The molecular formula is C15H16BrClN2O2. The number of nitrogens with zero attached hydrogens (tertiary/aromatic N) is 1. The highest BCUT2D eigenvalue weighted by atomic mass is 79.9. The quantitative estimate of drug-likeness (QED) is 0.868. The van der Waals surface area contributed by atoms with E-state index in [1.54, 1.807) is 19.1 Å². The lowest BCUT2D eigenvalue weighted by Gasteiger charge is -2.43. The average molecular weight is 372 g/mol. The van der Waals surface area contributed by atoms with Gasteiger partial charge in [-0.05, 0) is 50.8 Å². The minimum Gasteiger partial charge on any atom is -0.340 e. The lowest BCUT2D eigenvalue weighted by atomic mass is 9.89. The number of benzene rings is 1. The second-order valence-corrected chi connectivity index (χ2v) is 7.24. The summed E-state index contributed by atoms with van der Waals surface area (Å²) in [6, 6.07) is 4.74. The summed E-state index contributed by atoms with van der Waals surface area (Å²) < 4.78 is 0.820. The van der Waals surface area contributed by atoms with Gasteiger partial charge in [-0.15, -0.1) is 0 Å². The van der Waals surface area contributed by atoms with Gasteiger partial charge in [0.15, 0.2) is 0 Å². The van der Waals surface area contributed by atoms with Crippen LogP contribution in [0.5, 0.6) is 0 Å². The van der Waals surface area contributed by atoms with Gasteiger partial charge >= 0.3 is 0 Å². The molecule has 1 aromatic rings. The largest absolute Gasteiger partial charge is 0.340 e. The van der Waals surface area contributed by atoms with E-state index < -0.39 is 11.6 Å². The Balaban J connectivity index is 2.07. The number of halogens is 2. The number of hydrogen-bond acceptors (Lipinski definition) is 2. The first-order valence-corrected chi connectivity index (χ1v) is 8.12. The molecule has 2 atom stereocenters. The van der Waals surface area contributed by atoms with Gasteiger partial charge in [0.1, 0.15) is 11.6 Å². The van der Waals surface area contributed by atoms with E-state index in [0.717, 1.165) is 17.3 Å². The van der Waals surface area contributed by atoms with E-state index in [1.807, 2.05) is 13.0 Å². The summed E-state index contributed by atoms with van der Waals surface area (Å²) in [5.41, 5.74) is -0.250. The Morgan fingerprint density at radius 2 is 2.05 bits per heavy atom. The Bertz CT molecular complexity index is 632. The topological polar surface area (TPSA) is 49.4 Å². The highest BCUT2D eigenvalue weighted by molar-refractivity contribution is 9.10. The second kappa shape index (κ2) is 4.99. The van der Waals surface area contributed by atoms with Crippen LogP contribution < -0.4 is 10.2 Å². The number of nitrogens with one attached hydrogen (secondary N) is 1. The van der Waals surface area contributed by atoms with Crippen LogP contribution in [-0.4, -0.2) is 23.4 Å². The Kier molecular flexibility index (Phi) is 3.53. The molecule has 1 N–H and O–H groups in total. The van der Waals surface area contributed by atoms with E-state index in [4.69, 9.17) is 11.6 Å². The minimum atomic E-state index is -0.824. The lowest BCUT2D eigenvalue weighted by molar-refractivity contribution is -0.138. The molecule has 4 nitrogen and oxygen atoms in total. The zero-order valence-electron chi connectivity index (χ0n) is 11.8. The van der Waals surface area contributed by atoms with Crippen LogP contribution in [0.25, 0.3) is 0 Å². The molecule has 0 aromatic heterocycles. The maximum atomic E-state index is 13.0. The van der Waals surface area contributed by atoms with Gasteiger partial charge in [0.05, 0.1) is 10.7 Å². The van der Waals surface area contributed by atoms with Gasteiger partial charge in [0.25, 0.3) is 5.91 Å². The van der Waals surface area contributed by atoms with Crippen molar-refractivity contribution in [1.82, 2.24) is 5.32 Å². The maximum absolute atomic E-state index is 13.0. The van der Waals surface area contributed by atoms with Crippen molar-refractivity contribution in [2.24, 2.45) is 5.92 Å². The molecule has 0 spiro atoms. The van der Waals surface area contributed by atoms with Gasteiger partial charge in [-0.3, -0.25) is 14.5 Å². The zero-order valence-corrected chi connectivity index (χ0v) is 14.2. The van der Waals surface area contributed by atoms with E-state index >= 15 is 0 Å². The molecular weight excluding hydrogens is 356 g/mol. The number of carbonyl (C=O) groups excluding carboxylic acids is 2. The molecule has 1 saturated carbocycles. The van der Waals surface area contributed by atoms with Crippen molar-refractivity contribution >= 4 is 45.0 Å². The smallest absolute Gasteiger partial charge is 0.253 e. The van der Waals surface area contributed by atoms with Crippen LogP contribution in [0.15, 0.2) is 22.7 Å². The summed E-state index contributed by atoms with van der Waals surface area (Å²) in [5.74, 6) is -0.00739. The fourth-order valence-corrected chi connectivity index (χ4v) is 3.44. The number of piperazine rings is 1. The summed E-state index contributed by atoms with van der Waals surface area (Å²) in [6.45, 7) is 3.53. The first-order chi connectivity index (χ1) is 9.84. The molecule has 2 unspecified atom stereocenters. The van der Waals surface area contributed by atoms with Crippen LogP contribution in [0.4, 0.5) is 5.69 Å². The molecule has 6 heteroatoms. The van der Waals surface area contributed by atoms with Crippen molar-refractivity contribution in [2.75, 3.05) is 4.90 Å². The number of rotatable bonds is 2. The molecule has 0 bridgehead atoms. The van der Waals surface area contributed by atoms with E-state index in [0.29, 0.717) is 10.7 Å². The van der Waals surface area contributed by atoms with Gasteiger partial charge in [-0.1, -0.05) is 27.5 Å². The Hall–Kier alpha value is -1.07. The molecule has 1 saturated heterocycles. The second-order valence-electron chi connectivity index (χ2n) is 5.91. The van der Waals surface area contributed by atoms with E-state index in [9.17, 15) is 9.59 Å². The molecule has 1 heterocycles. The summed E-state index contributed by atoms with van der Waals surface area (Å²) in [5, 5.41) is 3.37. The third kappa shape index (κ3) is 2.36. The Morgan fingerprint density at radius 1 is 1.38 bits per heavy atom. The number of hydrogen-bond donors (Lipinski definition) is 1. The summed E-state index contributed by atoms with van der Waals surface area (Å²) in [7, 11) is 0. The molecule has 1 aliphatic carbocycles. The molecule has 3 rings (SSSR count). The number of carbonyl (C=O) groups is 2. The van der Waals surface area contributed by atoms with Gasteiger partial charge in [-0.25, -0.2) is 0 Å². The predicted octanol–water partition coefficient (Wildman–Crippen LogP) is 3.12. The molecule has 2 aliphatic rings. The maximum Gasteiger partial charge on any atom is 0.253 e. The predicted molar refractivity (Wildman–Crippen MR) is 85.4 cm³/mol. The standard InChI is InChI=1S/C15H16BrClN2O2/c1-8-13(20)18-15(2,9-3-4-9)14(21)19(8)12-7-10(16)5-6-11(12)17/h5-9H,3-4H2,1-2H3,(H,18,20). The monoisotopic (exact) mass is 370 g/mol. The van der Waals surface area contributed by atoms with Crippen molar-refractivity contribution in [3.63, 3.8) is 0 Å². The van der Waals surface area contributed by atoms with Gasteiger partial charge in [-0.2, -0.15) is 0 Å². The first kappa shape index (κ1) is 14.9. The number of amides is 2. The molecule has 2 amide bonds. The van der Waals surface area contributed by atoms with Crippen LogP contribution in [0.3, 0.4) is 0 Å². The Morgan fingerprint density at radius 3 is 2.67 bits per heavy atom. The Labute approximate surface area is 137 Å². The van der Waals surface area contributed by atoms with Crippen LogP contribution in [0.2, 0.25) is 5.02 Å². The van der Waals surface area contributed by atoms with Gasteiger partial charge in [0, 0.05) is 4.47 Å². The lowest BCUT2D eigenvalue weighted by Crippen LogP contribution is -2.70. The fraction of sp³-hybridized carbons (Fsp3) is 0.467. The number of anilines is 1. The third-order valence-corrected chi connectivity index (χ3v) is 5.19. The SMILES string of the molecule is CC1C(=O)NC(C)(C2CC2)C(=O)N1c1cc(Br)ccc1Cl. The molecule has 21 heavy (non-hydrogen) atoms. The molecule has 0 radical (unpaired) electrons. The summed E-state index contributed by atoms with van der Waals surface area (Å²) >= 11 is 9.64. The van der Waals surface area contributed by atoms with Crippen molar-refractivity contribution in [3.05, 3.63) is 27.7 Å². The van der Waals surface area contributed by atoms with Crippen molar-refractivity contribution in [3.8, 4) is 0 Å². The van der Waals surface area contributed by atoms with E-state index in [1.165, 1.54) is 4.90 Å². The third-order valence-electron chi connectivity index (χ3n) is 4.37. The highest BCUT2D eigenvalue weighted by Gasteiger charge is 2.55. The summed E-state index contributed by atoms with van der Waals surface area (Å²) in [4.78, 5) is 26.8. The van der Waals surface area contributed by atoms with Crippen LogP contribution in [0.1, 0.15) is 26.7 Å². The fourth-order valence-electron chi connectivity index (χ4n) is 2.88. The molecule has 1 aliphatic heterocycles. The first-order valence-electron chi connectivity index (χ1n) is 6.95. The molecule has 112 valence electrons. The van der Waals surface area contributed by atoms with Crippen LogP contribution in [0, 0.1) is 5.92 Å². The van der Waals surface area contributed by atoms with E-state index in [-0.39, 0.29) is 17.7 Å².